The van der Waals surface area contributed by atoms with E-state index in [1.54, 1.807) is 12.1 Å². The van der Waals surface area contributed by atoms with Crippen LogP contribution in [0.5, 0.6) is 5.75 Å². The van der Waals surface area contributed by atoms with Gasteiger partial charge < -0.3 is 5.11 Å². The summed E-state index contributed by atoms with van der Waals surface area (Å²) in [6.45, 7) is 7.34. The summed E-state index contributed by atoms with van der Waals surface area (Å²) in [6.07, 6.45) is 2.04. The molecule has 0 saturated heterocycles. The lowest BCUT2D eigenvalue weighted by Gasteiger charge is -2.19. The largest absolute Gasteiger partial charge is 0.508 e. The molecule has 1 N–H and O–H groups in total. The van der Waals surface area contributed by atoms with Gasteiger partial charge in [-0.1, -0.05) is 57.2 Å². The van der Waals surface area contributed by atoms with Gasteiger partial charge in [-0.05, 0) is 42.8 Å². The number of aromatic hydroxyl groups is 1. The highest BCUT2D eigenvalue weighted by molar-refractivity contribution is 5.81. The van der Waals surface area contributed by atoms with Crippen molar-refractivity contribution in [3.8, 4) is 28.1 Å². The van der Waals surface area contributed by atoms with Crippen LogP contribution in [0.1, 0.15) is 26.3 Å². The highest BCUT2D eigenvalue weighted by Gasteiger charge is 2.17. The minimum atomic E-state index is 0.122. The SMILES string of the molecule is CN(C)Cn1cc(-c2cccc(O)c2)c(-c2ccc(C(C)(C)C)cc2)n1. The van der Waals surface area contributed by atoms with Gasteiger partial charge in [0.2, 0.25) is 0 Å². The molecule has 0 amide bonds. The Morgan fingerprint density at radius 3 is 2.27 bits per heavy atom. The highest BCUT2D eigenvalue weighted by Crippen LogP contribution is 2.33. The van der Waals surface area contributed by atoms with Gasteiger partial charge in [-0.3, -0.25) is 9.58 Å². The molecule has 4 nitrogen and oxygen atoms in total. The van der Waals surface area contributed by atoms with Gasteiger partial charge in [-0.15, -0.1) is 0 Å². The Balaban J connectivity index is 2.08. The Morgan fingerprint density at radius 1 is 1.00 bits per heavy atom. The fourth-order valence-electron chi connectivity index (χ4n) is 3.01. The van der Waals surface area contributed by atoms with Gasteiger partial charge in [-0.2, -0.15) is 5.10 Å². The van der Waals surface area contributed by atoms with Gasteiger partial charge in [0.15, 0.2) is 0 Å². The van der Waals surface area contributed by atoms with Crippen LogP contribution in [0.25, 0.3) is 22.4 Å². The lowest BCUT2D eigenvalue weighted by molar-refractivity contribution is 0.307. The van der Waals surface area contributed by atoms with Crippen LogP contribution in [0.15, 0.2) is 54.7 Å². The van der Waals surface area contributed by atoms with Crippen molar-refractivity contribution in [1.29, 1.82) is 0 Å². The number of hydrogen-bond acceptors (Lipinski definition) is 3. The van der Waals surface area contributed by atoms with Gasteiger partial charge in [0, 0.05) is 17.3 Å². The van der Waals surface area contributed by atoms with E-state index >= 15 is 0 Å². The third-order valence-corrected chi connectivity index (χ3v) is 4.37. The summed E-state index contributed by atoms with van der Waals surface area (Å²) in [7, 11) is 4.04. The van der Waals surface area contributed by atoms with Crippen molar-refractivity contribution in [3.63, 3.8) is 0 Å². The first-order valence-electron chi connectivity index (χ1n) is 8.86. The molecular formula is C22H27N3O. The van der Waals surface area contributed by atoms with Crippen LogP contribution in [-0.4, -0.2) is 33.9 Å². The molecule has 3 aromatic rings. The molecule has 0 atom stereocenters. The molecule has 0 aliphatic rings. The predicted molar refractivity (Wildman–Crippen MR) is 107 cm³/mol. The van der Waals surface area contributed by atoms with Crippen LogP contribution in [0.2, 0.25) is 0 Å². The number of benzene rings is 2. The van der Waals surface area contributed by atoms with Crippen LogP contribution in [-0.2, 0) is 12.1 Å². The molecule has 2 aromatic carbocycles. The van der Waals surface area contributed by atoms with E-state index in [0.29, 0.717) is 6.67 Å². The van der Waals surface area contributed by atoms with Crippen LogP contribution in [0.4, 0.5) is 0 Å². The zero-order valence-corrected chi connectivity index (χ0v) is 16.2. The molecule has 0 bridgehead atoms. The second-order valence-electron chi connectivity index (χ2n) is 8.03. The van der Waals surface area contributed by atoms with Gasteiger partial charge in [0.05, 0.1) is 6.67 Å². The van der Waals surface area contributed by atoms with Crippen molar-refractivity contribution in [2.45, 2.75) is 32.9 Å². The minimum absolute atomic E-state index is 0.122. The third-order valence-electron chi connectivity index (χ3n) is 4.37. The molecule has 26 heavy (non-hydrogen) atoms. The van der Waals surface area contributed by atoms with Crippen molar-refractivity contribution in [3.05, 3.63) is 60.3 Å². The first-order chi connectivity index (χ1) is 12.2. The average molecular weight is 349 g/mol. The molecule has 0 radical (unpaired) electrons. The first kappa shape index (κ1) is 18.2. The van der Waals surface area contributed by atoms with Crippen molar-refractivity contribution >= 4 is 0 Å². The van der Waals surface area contributed by atoms with E-state index in [2.05, 4.69) is 49.9 Å². The summed E-state index contributed by atoms with van der Waals surface area (Å²) in [4.78, 5) is 2.08. The van der Waals surface area contributed by atoms with Gasteiger partial charge in [0.1, 0.15) is 11.4 Å². The van der Waals surface area contributed by atoms with E-state index in [-0.39, 0.29) is 11.2 Å². The molecule has 4 heteroatoms. The molecule has 3 rings (SSSR count). The summed E-state index contributed by atoms with van der Waals surface area (Å²) in [5, 5.41) is 14.7. The van der Waals surface area contributed by atoms with E-state index in [1.165, 1.54) is 5.56 Å². The molecule has 0 spiro atoms. The first-order valence-corrected chi connectivity index (χ1v) is 8.86. The minimum Gasteiger partial charge on any atom is -0.508 e. The molecule has 1 heterocycles. The quantitative estimate of drug-likeness (QED) is 0.740. The highest BCUT2D eigenvalue weighted by atomic mass is 16.3. The molecule has 136 valence electrons. The zero-order chi connectivity index (χ0) is 18.9. The fraction of sp³-hybridized carbons (Fsp3) is 0.318. The molecule has 0 aliphatic carbocycles. The Hall–Kier alpha value is -2.59. The molecule has 0 saturated carbocycles. The lowest BCUT2D eigenvalue weighted by atomic mass is 9.86. The van der Waals surface area contributed by atoms with Crippen LogP contribution >= 0.6 is 0 Å². The fourth-order valence-corrected chi connectivity index (χ4v) is 3.01. The van der Waals surface area contributed by atoms with Crippen molar-refractivity contribution < 1.29 is 5.11 Å². The Bertz CT molecular complexity index is 886. The normalized spacial score (nSPS) is 11.9. The predicted octanol–water partition coefficient (Wildman–Crippen LogP) is 4.74. The van der Waals surface area contributed by atoms with E-state index in [9.17, 15) is 5.11 Å². The zero-order valence-electron chi connectivity index (χ0n) is 16.2. The lowest BCUT2D eigenvalue weighted by Crippen LogP contribution is -2.17. The summed E-state index contributed by atoms with van der Waals surface area (Å²) in [5.41, 5.74) is 5.41. The van der Waals surface area contributed by atoms with E-state index in [0.717, 1.165) is 22.4 Å². The number of rotatable bonds is 4. The molecule has 0 fully saturated rings. The van der Waals surface area contributed by atoms with Crippen LogP contribution in [0.3, 0.4) is 0 Å². The number of aromatic nitrogens is 2. The summed E-state index contributed by atoms with van der Waals surface area (Å²) >= 11 is 0. The maximum atomic E-state index is 9.88. The van der Waals surface area contributed by atoms with Crippen molar-refractivity contribution in [2.24, 2.45) is 0 Å². The van der Waals surface area contributed by atoms with E-state index in [1.807, 2.05) is 37.1 Å². The second kappa shape index (κ2) is 6.96. The molecule has 0 unspecified atom stereocenters. The number of hydrogen-bond donors (Lipinski definition) is 1. The van der Waals surface area contributed by atoms with Gasteiger partial charge >= 0.3 is 0 Å². The Kier molecular flexibility index (Phi) is 4.88. The third kappa shape index (κ3) is 3.97. The van der Waals surface area contributed by atoms with E-state index < -0.39 is 0 Å². The van der Waals surface area contributed by atoms with E-state index in [4.69, 9.17) is 5.10 Å². The van der Waals surface area contributed by atoms with Gasteiger partial charge in [0.25, 0.3) is 0 Å². The summed E-state index contributed by atoms with van der Waals surface area (Å²) in [5.74, 6) is 0.261. The maximum absolute atomic E-state index is 9.88. The molecule has 1 aromatic heterocycles. The van der Waals surface area contributed by atoms with Crippen LogP contribution in [0, 0.1) is 0 Å². The Morgan fingerprint density at radius 2 is 1.69 bits per heavy atom. The monoisotopic (exact) mass is 349 g/mol. The number of nitrogens with zero attached hydrogens (tertiary/aromatic N) is 3. The maximum Gasteiger partial charge on any atom is 0.116 e. The number of phenols is 1. The average Bonchev–Trinajstić information content (AvgIpc) is 2.97. The molecular weight excluding hydrogens is 322 g/mol. The molecule has 0 aliphatic heterocycles. The topological polar surface area (TPSA) is 41.3 Å². The van der Waals surface area contributed by atoms with Crippen molar-refractivity contribution in [1.82, 2.24) is 14.7 Å². The summed E-state index contributed by atoms with van der Waals surface area (Å²) < 4.78 is 1.94. The van der Waals surface area contributed by atoms with Crippen LogP contribution < -0.4 is 0 Å². The second-order valence-corrected chi connectivity index (χ2v) is 8.03. The summed E-state index contributed by atoms with van der Waals surface area (Å²) in [6, 6.07) is 15.9. The Labute approximate surface area is 155 Å². The smallest absolute Gasteiger partial charge is 0.116 e. The van der Waals surface area contributed by atoms with Gasteiger partial charge in [-0.25, -0.2) is 0 Å². The standard InChI is InChI=1S/C22H27N3O/c1-22(2,3)18-11-9-16(10-12-18)21-20(14-25(23-21)15-24(4)5)17-7-6-8-19(26)13-17/h6-14,26H,15H2,1-5H3. The number of phenolic OH excluding ortho intramolecular Hbond substituents is 1. The van der Waals surface area contributed by atoms with Crippen molar-refractivity contribution in [2.75, 3.05) is 14.1 Å².